The van der Waals surface area contributed by atoms with Crippen LogP contribution in [0.4, 0.5) is 5.69 Å². The lowest BCUT2D eigenvalue weighted by atomic mass is 10.1. The second kappa shape index (κ2) is 6.41. The molecule has 0 fully saturated rings. The maximum absolute atomic E-state index is 12.2. The molecule has 4 nitrogen and oxygen atoms in total. The van der Waals surface area contributed by atoms with Gasteiger partial charge in [0.25, 0.3) is 5.91 Å². The van der Waals surface area contributed by atoms with Gasteiger partial charge in [0.05, 0.1) is 0 Å². The van der Waals surface area contributed by atoms with E-state index in [1.165, 1.54) is 0 Å². The quantitative estimate of drug-likeness (QED) is 0.756. The number of benzene rings is 2. The number of carbonyl (C=O) groups is 1. The zero-order chi connectivity index (χ0) is 15.4. The fraction of sp³-hybridized carbons (Fsp3) is 0.235. The van der Waals surface area contributed by atoms with Crippen LogP contribution in [0.15, 0.2) is 36.4 Å². The number of hydrogen-bond acceptors (Lipinski definition) is 3. The first kappa shape index (κ1) is 15.1. The van der Waals surface area contributed by atoms with E-state index in [0.717, 1.165) is 23.1 Å². The van der Waals surface area contributed by atoms with E-state index in [1.54, 1.807) is 31.2 Å². The summed E-state index contributed by atoms with van der Waals surface area (Å²) in [5.74, 6) is 0.0686. The summed E-state index contributed by atoms with van der Waals surface area (Å²) in [6.45, 7) is 4.24. The monoisotopic (exact) mass is 284 g/mol. The number of carbonyl (C=O) groups excluding carboxylic acids is 1. The van der Waals surface area contributed by atoms with Crippen molar-refractivity contribution in [3.63, 3.8) is 0 Å². The average Bonchev–Trinajstić information content (AvgIpc) is 2.46. The third-order valence-corrected chi connectivity index (χ3v) is 3.44. The number of aryl methyl sites for hydroxylation is 2. The third kappa shape index (κ3) is 3.61. The molecule has 0 aromatic heterocycles. The molecule has 0 saturated heterocycles. The molecule has 0 heterocycles. The Bertz CT molecular complexity index is 649. The zero-order valence-electron chi connectivity index (χ0n) is 12.3. The molecule has 2 rings (SSSR count). The summed E-state index contributed by atoms with van der Waals surface area (Å²) in [6.07, 6.45) is 0.804. The molecule has 4 N–H and O–H groups in total. The van der Waals surface area contributed by atoms with Crippen molar-refractivity contribution in [2.24, 2.45) is 5.73 Å². The molecular weight excluding hydrogens is 264 g/mol. The van der Waals surface area contributed by atoms with Gasteiger partial charge in [-0.2, -0.15) is 0 Å². The first-order valence-electron chi connectivity index (χ1n) is 6.92. The molecule has 0 aliphatic rings. The minimum Gasteiger partial charge on any atom is -0.508 e. The Labute approximate surface area is 124 Å². The van der Waals surface area contributed by atoms with E-state index in [-0.39, 0.29) is 11.7 Å². The third-order valence-electron chi connectivity index (χ3n) is 3.44. The van der Waals surface area contributed by atoms with E-state index >= 15 is 0 Å². The van der Waals surface area contributed by atoms with Crippen molar-refractivity contribution in [2.75, 3.05) is 11.9 Å². The topological polar surface area (TPSA) is 75.4 Å². The number of amides is 1. The lowest BCUT2D eigenvalue weighted by molar-refractivity contribution is 0.102. The van der Waals surface area contributed by atoms with Gasteiger partial charge in [-0.15, -0.1) is 0 Å². The minimum atomic E-state index is -0.164. The van der Waals surface area contributed by atoms with Gasteiger partial charge in [-0.3, -0.25) is 4.79 Å². The molecule has 2 aromatic rings. The first-order chi connectivity index (χ1) is 10.0. The van der Waals surface area contributed by atoms with Crippen LogP contribution in [0.5, 0.6) is 5.75 Å². The number of anilines is 1. The van der Waals surface area contributed by atoms with E-state index in [4.69, 9.17) is 5.73 Å². The summed E-state index contributed by atoms with van der Waals surface area (Å²) in [5, 5.41) is 12.5. The first-order valence-corrected chi connectivity index (χ1v) is 6.92. The van der Waals surface area contributed by atoms with Gasteiger partial charge in [0, 0.05) is 11.3 Å². The van der Waals surface area contributed by atoms with Crippen molar-refractivity contribution in [3.8, 4) is 5.75 Å². The van der Waals surface area contributed by atoms with Crippen molar-refractivity contribution >= 4 is 11.6 Å². The van der Waals surface area contributed by atoms with Crippen LogP contribution in [0.1, 0.15) is 27.0 Å². The summed E-state index contributed by atoms with van der Waals surface area (Å²) in [4.78, 5) is 12.2. The molecule has 110 valence electrons. The van der Waals surface area contributed by atoms with Gasteiger partial charge >= 0.3 is 0 Å². The predicted octanol–water partition coefficient (Wildman–Crippen LogP) is 2.76. The van der Waals surface area contributed by atoms with Crippen LogP contribution >= 0.6 is 0 Å². The van der Waals surface area contributed by atoms with Gasteiger partial charge in [0.2, 0.25) is 0 Å². The number of nitrogens with one attached hydrogen (secondary N) is 1. The molecule has 2 aromatic carbocycles. The number of aromatic hydroxyl groups is 1. The van der Waals surface area contributed by atoms with Gasteiger partial charge in [-0.1, -0.05) is 12.1 Å². The van der Waals surface area contributed by atoms with Crippen LogP contribution < -0.4 is 11.1 Å². The highest BCUT2D eigenvalue weighted by Crippen LogP contribution is 2.25. The second-order valence-electron chi connectivity index (χ2n) is 5.14. The van der Waals surface area contributed by atoms with E-state index < -0.39 is 0 Å². The van der Waals surface area contributed by atoms with Crippen LogP contribution in [0.3, 0.4) is 0 Å². The maximum atomic E-state index is 12.2. The van der Waals surface area contributed by atoms with Crippen LogP contribution in [-0.2, 0) is 6.42 Å². The summed E-state index contributed by atoms with van der Waals surface area (Å²) < 4.78 is 0. The Balaban J connectivity index is 2.16. The lowest BCUT2D eigenvalue weighted by Gasteiger charge is -2.11. The Morgan fingerprint density at radius 3 is 2.43 bits per heavy atom. The van der Waals surface area contributed by atoms with Crippen molar-refractivity contribution in [1.29, 1.82) is 0 Å². The number of phenols is 1. The van der Waals surface area contributed by atoms with Crippen molar-refractivity contribution in [3.05, 3.63) is 58.7 Å². The zero-order valence-corrected chi connectivity index (χ0v) is 12.3. The molecule has 1 amide bonds. The number of phenolic OH excluding ortho intramolecular Hbond substituents is 1. The summed E-state index contributed by atoms with van der Waals surface area (Å²) in [5.41, 5.74) is 9.48. The largest absolute Gasteiger partial charge is 0.508 e. The molecule has 0 spiro atoms. The molecule has 0 unspecified atom stereocenters. The maximum Gasteiger partial charge on any atom is 0.255 e. The SMILES string of the molecule is Cc1cc(NC(=O)c2ccc(CCN)cc2)c(C)cc1O. The molecule has 4 heteroatoms. The van der Waals surface area contributed by atoms with Crippen LogP contribution in [-0.4, -0.2) is 17.6 Å². The van der Waals surface area contributed by atoms with E-state index in [9.17, 15) is 9.90 Å². The summed E-state index contributed by atoms with van der Waals surface area (Å²) >= 11 is 0. The van der Waals surface area contributed by atoms with Gasteiger partial charge in [0.15, 0.2) is 0 Å². The summed E-state index contributed by atoms with van der Waals surface area (Å²) in [7, 11) is 0. The Hall–Kier alpha value is -2.33. The highest BCUT2D eigenvalue weighted by atomic mass is 16.3. The fourth-order valence-corrected chi connectivity index (χ4v) is 2.12. The number of hydrogen-bond donors (Lipinski definition) is 3. The van der Waals surface area contributed by atoms with E-state index in [2.05, 4.69) is 5.32 Å². The molecular formula is C17H20N2O2. The fourth-order valence-electron chi connectivity index (χ4n) is 2.12. The van der Waals surface area contributed by atoms with Crippen LogP contribution in [0.2, 0.25) is 0 Å². The molecule has 0 saturated carbocycles. The molecule has 21 heavy (non-hydrogen) atoms. The lowest BCUT2D eigenvalue weighted by Crippen LogP contribution is -2.13. The molecule has 0 atom stereocenters. The minimum absolute atomic E-state index is 0.164. The normalized spacial score (nSPS) is 10.4. The Morgan fingerprint density at radius 2 is 1.81 bits per heavy atom. The average molecular weight is 284 g/mol. The van der Waals surface area contributed by atoms with Gasteiger partial charge < -0.3 is 16.2 Å². The van der Waals surface area contributed by atoms with E-state index in [1.807, 2.05) is 19.1 Å². The van der Waals surface area contributed by atoms with Gasteiger partial charge in [-0.05, 0) is 67.8 Å². The van der Waals surface area contributed by atoms with Gasteiger partial charge in [0.1, 0.15) is 5.75 Å². The molecule has 0 aliphatic carbocycles. The molecule has 0 bridgehead atoms. The second-order valence-corrected chi connectivity index (χ2v) is 5.14. The van der Waals surface area contributed by atoms with Crippen LogP contribution in [0.25, 0.3) is 0 Å². The Kier molecular flexibility index (Phi) is 4.60. The number of nitrogens with two attached hydrogens (primary N) is 1. The smallest absolute Gasteiger partial charge is 0.255 e. The summed E-state index contributed by atoms with van der Waals surface area (Å²) in [6, 6.07) is 10.8. The highest BCUT2D eigenvalue weighted by Gasteiger charge is 2.09. The van der Waals surface area contributed by atoms with Gasteiger partial charge in [-0.25, -0.2) is 0 Å². The molecule has 0 radical (unpaired) electrons. The van der Waals surface area contributed by atoms with Crippen molar-refractivity contribution in [2.45, 2.75) is 20.3 Å². The predicted molar refractivity (Wildman–Crippen MR) is 84.7 cm³/mol. The van der Waals surface area contributed by atoms with E-state index in [0.29, 0.717) is 17.8 Å². The van der Waals surface area contributed by atoms with Crippen molar-refractivity contribution in [1.82, 2.24) is 0 Å². The van der Waals surface area contributed by atoms with Crippen LogP contribution in [0, 0.1) is 13.8 Å². The molecule has 0 aliphatic heterocycles. The Morgan fingerprint density at radius 1 is 1.14 bits per heavy atom. The standard InChI is InChI=1S/C17H20N2O2/c1-11-10-16(20)12(2)9-15(11)19-17(21)14-5-3-13(4-6-14)7-8-18/h3-6,9-10,20H,7-8,18H2,1-2H3,(H,19,21). The highest BCUT2D eigenvalue weighted by molar-refractivity contribution is 6.04. The van der Waals surface area contributed by atoms with Crippen molar-refractivity contribution < 1.29 is 9.90 Å². The number of rotatable bonds is 4.